The summed E-state index contributed by atoms with van der Waals surface area (Å²) in [6, 6.07) is -0.711. The molecule has 3 unspecified atom stereocenters. The predicted molar refractivity (Wildman–Crippen MR) is 222 cm³/mol. The highest BCUT2D eigenvalue weighted by Crippen LogP contribution is 2.16. The molecule has 51 heavy (non-hydrogen) atoms. The van der Waals surface area contributed by atoms with E-state index in [0.717, 1.165) is 32.1 Å². The smallest absolute Gasteiger partial charge is 0.249 e. The summed E-state index contributed by atoms with van der Waals surface area (Å²) < 4.78 is 0. The molecule has 0 bridgehead atoms. The third kappa shape index (κ3) is 37.2. The predicted octanol–water partition coefficient (Wildman–Crippen LogP) is 13.2. The molecule has 304 valence electrons. The fourth-order valence-electron chi connectivity index (χ4n) is 7.25. The number of hydrogen-bond donors (Lipinski definition) is 4. The lowest BCUT2D eigenvalue weighted by Crippen LogP contribution is -2.49. The van der Waals surface area contributed by atoms with Gasteiger partial charge in [0.25, 0.3) is 0 Å². The van der Waals surface area contributed by atoms with Crippen LogP contribution in [0.15, 0.2) is 12.2 Å². The van der Waals surface area contributed by atoms with E-state index in [9.17, 15) is 20.1 Å². The first-order chi connectivity index (χ1) is 25.1. The van der Waals surface area contributed by atoms with Gasteiger partial charge in [0.2, 0.25) is 5.91 Å². The highest BCUT2D eigenvalue weighted by molar-refractivity contribution is 5.80. The van der Waals surface area contributed by atoms with E-state index in [2.05, 4.69) is 31.3 Å². The first kappa shape index (κ1) is 50.1. The summed E-state index contributed by atoms with van der Waals surface area (Å²) in [7, 11) is 0. The van der Waals surface area contributed by atoms with Crippen LogP contribution in [0.5, 0.6) is 0 Å². The molecule has 0 aromatic carbocycles. The number of amides is 1. The minimum Gasteiger partial charge on any atom is -0.394 e. The molecule has 0 saturated carbocycles. The average Bonchev–Trinajstić information content (AvgIpc) is 3.13. The molecule has 5 heteroatoms. The lowest BCUT2D eigenvalue weighted by molar-refractivity contribution is -0.131. The lowest BCUT2D eigenvalue weighted by atomic mass is 10.0. The standard InChI is InChI=1S/C46H91NO4/c1-3-5-7-9-11-13-15-17-19-21-22-23-25-27-29-31-33-35-37-39-41-45(50)46(51)47-43(42-48)44(49)40-38-36-34-32-30-28-26-24-20-18-16-14-12-10-8-6-4-2/h23,25,43-45,48-50H,3-22,24,26-42H2,1-2H3,(H,47,51)/b25-23-. The Labute approximate surface area is 319 Å². The van der Waals surface area contributed by atoms with Crippen molar-refractivity contribution in [2.24, 2.45) is 0 Å². The molecule has 0 fully saturated rings. The van der Waals surface area contributed by atoms with Crippen LogP contribution in [0.2, 0.25) is 0 Å². The van der Waals surface area contributed by atoms with Gasteiger partial charge in [-0.25, -0.2) is 0 Å². The second kappa shape index (κ2) is 41.8. The topological polar surface area (TPSA) is 89.8 Å². The SMILES string of the molecule is CCCCCCCCCCCC/C=C\CCCCCCCCC(O)C(=O)NC(CO)C(O)CCCCCCCCCCCCCCCCCCC. The Morgan fingerprint density at radius 1 is 0.451 bits per heavy atom. The van der Waals surface area contributed by atoms with Crippen LogP contribution in [-0.2, 0) is 4.79 Å². The fourth-order valence-corrected chi connectivity index (χ4v) is 7.25. The number of unbranched alkanes of at least 4 members (excludes halogenated alkanes) is 32. The van der Waals surface area contributed by atoms with Crippen molar-refractivity contribution in [1.82, 2.24) is 5.32 Å². The number of aliphatic hydroxyl groups excluding tert-OH is 3. The number of carbonyl (C=O) groups excluding carboxylic acids is 1. The minimum atomic E-state index is -1.08. The van der Waals surface area contributed by atoms with Gasteiger partial charge < -0.3 is 20.6 Å². The van der Waals surface area contributed by atoms with Crippen molar-refractivity contribution in [3.63, 3.8) is 0 Å². The number of nitrogens with one attached hydrogen (secondary N) is 1. The zero-order valence-corrected chi connectivity index (χ0v) is 34.5. The Hall–Kier alpha value is -0.910. The van der Waals surface area contributed by atoms with Crippen LogP contribution in [-0.4, -0.2) is 46.1 Å². The van der Waals surface area contributed by atoms with Gasteiger partial charge in [0, 0.05) is 0 Å². The molecule has 0 aliphatic rings. The largest absolute Gasteiger partial charge is 0.394 e. The van der Waals surface area contributed by atoms with Crippen molar-refractivity contribution in [3.05, 3.63) is 12.2 Å². The minimum absolute atomic E-state index is 0.312. The third-order valence-corrected chi connectivity index (χ3v) is 10.9. The van der Waals surface area contributed by atoms with Crippen molar-refractivity contribution >= 4 is 5.91 Å². The van der Waals surface area contributed by atoms with E-state index < -0.39 is 24.2 Å². The lowest BCUT2D eigenvalue weighted by Gasteiger charge is -2.23. The summed E-state index contributed by atoms with van der Waals surface area (Å²) >= 11 is 0. The quantitative estimate of drug-likeness (QED) is 0.0373. The summed E-state index contributed by atoms with van der Waals surface area (Å²) in [6.45, 7) is 4.25. The monoisotopic (exact) mass is 722 g/mol. The maximum absolute atomic E-state index is 12.5. The molecule has 3 atom stereocenters. The second-order valence-electron chi connectivity index (χ2n) is 16.0. The van der Waals surface area contributed by atoms with Crippen LogP contribution >= 0.6 is 0 Å². The molecule has 5 nitrogen and oxygen atoms in total. The maximum atomic E-state index is 12.5. The van der Waals surface area contributed by atoms with E-state index in [1.807, 2.05) is 0 Å². The molecule has 0 aliphatic heterocycles. The van der Waals surface area contributed by atoms with Gasteiger partial charge >= 0.3 is 0 Å². The number of rotatable bonds is 42. The number of carbonyl (C=O) groups is 1. The first-order valence-corrected chi connectivity index (χ1v) is 23.0. The first-order valence-electron chi connectivity index (χ1n) is 23.0. The van der Waals surface area contributed by atoms with E-state index in [1.54, 1.807) is 0 Å². The van der Waals surface area contributed by atoms with Gasteiger partial charge in [0.05, 0.1) is 18.8 Å². The van der Waals surface area contributed by atoms with Gasteiger partial charge in [-0.3, -0.25) is 4.79 Å². The Kier molecular flexibility index (Phi) is 41.1. The Morgan fingerprint density at radius 3 is 1.08 bits per heavy atom. The molecule has 0 spiro atoms. The van der Waals surface area contributed by atoms with E-state index in [4.69, 9.17) is 0 Å². The summed E-state index contributed by atoms with van der Waals surface area (Å²) in [4.78, 5) is 12.5. The van der Waals surface area contributed by atoms with E-state index >= 15 is 0 Å². The Bertz CT molecular complexity index is 713. The summed E-state index contributed by atoms with van der Waals surface area (Å²) in [5.41, 5.74) is 0. The maximum Gasteiger partial charge on any atom is 0.249 e. The average molecular weight is 722 g/mol. The van der Waals surface area contributed by atoms with Crippen LogP contribution in [0.3, 0.4) is 0 Å². The van der Waals surface area contributed by atoms with Crippen molar-refractivity contribution in [1.29, 1.82) is 0 Å². The third-order valence-electron chi connectivity index (χ3n) is 10.9. The molecule has 0 saturated heterocycles. The number of hydrogen-bond acceptors (Lipinski definition) is 4. The molecule has 1 amide bonds. The molecule has 0 aromatic rings. The molecule has 0 aromatic heterocycles. The summed E-state index contributed by atoms with van der Waals surface area (Å²) in [6.07, 6.45) is 49.3. The van der Waals surface area contributed by atoms with Gasteiger partial charge in [-0.1, -0.05) is 225 Å². The van der Waals surface area contributed by atoms with Crippen molar-refractivity contribution < 1.29 is 20.1 Å². The Balaban J connectivity index is 3.60. The Morgan fingerprint density at radius 2 is 0.745 bits per heavy atom. The van der Waals surface area contributed by atoms with Crippen LogP contribution < -0.4 is 5.32 Å². The van der Waals surface area contributed by atoms with Gasteiger partial charge in [-0.05, 0) is 38.5 Å². The van der Waals surface area contributed by atoms with Crippen LogP contribution in [0, 0.1) is 0 Å². The van der Waals surface area contributed by atoms with Gasteiger partial charge in [0.1, 0.15) is 6.10 Å². The number of allylic oxidation sites excluding steroid dienone is 2. The number of aliphatic hydroxyl groups is 3. The van der Waals surface area contributed by atoms with Crippen molar-refractivity contribution in [2.75, 3.05) is 6.61 Å². The molecular weight excluding hydrogens is 631 g/mol. The highest BCUT2D eigenvalue weighted by Gasteiger charge is 2.23. The molecule has 0 radical (unpaired) electrons. The molecule has 0 rings (SSSR count). The van der Waals surface area contributed by atoms with Crippen LogP contribution in [0.1, 0.15) is 251 Å². The molecule has 0 heterocycles. The van der Waals surface area contributed by atoms with Crippen molar-refractivity contribution in [3.8, 4) is 0 Å². The van der Waals surface area contributed by atoms with E-state index in [-0.39, 0.29) is 6.61 Å². The summed E-state index contributed by atoms with van der Waals surface area (Å²) in [5.74, 6) is -0.472. The summed E-state index contributed by atoms with van der Waals surface area (Å²) in [5, 5.41) is 33.4. The molecule has 4 N–H and O–H groups in total. The molecular formula is C46H91NO4. The van der Waals surface area contributed by atoms with Crippen molar-refractivity contribution in [2.45, 2.75) is 270 Å². The van der Waals surface area contributed by atoms with E-state index in [0.29, 0.717) is 12.8 Å². The fraction of sp³-hybridized carbons (Fsp3) is 0.935. The normalized spacial score (nSPS) is 13.6. The second-order valence-corrected chi connectivity index (χ2v) is 16.0. The highest BCUT2D eigenvalue weighted by atomic mass is 16.3. The van der Waals surface area contributed by atoms with Gasteiger partial charge in [-0.2, -0.15) is 0 Å². The molecule has 0 aliphatic carbocycles. The van der Waals surface area contributed by atoms with Gasteiger partial charge in [0.15, 0.2) is 0 Å². The zero-order chi connectivity index (χ0) is 37.3. The van der Waals surface area contributed by atoms with Crippen LogP contribution in [0.4, 0.5) is 0 Å². The zero-order valence-electron chi connectivity index (χ0n) is 34.5. The van der Waals surface area contributed by atoms with Gasteiger partial charge in [-0.15, -0.1) is 0 Å². The van der Waals surface area contributed by atoms with E-state index in [1.165, 1.54) is 193 Å². The van der Waals surface area contributed by atoms with Crippen LogP contribution in [0.25, 0.3) is 0 Å².